The summed E-state index contributed by atoms with van der Waals surface area (Å²) in [5, 5.41) is 3.27. The molecule has 0 saturated heterocycles. The lowest BCUT2D eigenvalue weighted by molar-refractivity contribution is 0.107. The van der Waals surface area contributed by atoms with Crippen LogP contribution in [-0.4, -0.2) is 12.0 Å². The first-order chi connectivity index (χ1) is 8.79. The highest BCUT2D eigenvalue weighted by atomic mass is 16.1. The number of hydrazone groups is 1. The van der Waals surface area contributed by atoms with E-state index in [0.717, 1.165) is 12.6 Å². The van der Waals surface area contributed by atoms with E-state index in [0.29, 0.717) is 5.56 Å². The van der Waals surface area contributed by atoms with Crippen molar-refractivity contribution in [3.05, 3.63) is 59.2 Å². The summed E-state index contributed by atoms with van der Waals surface area (Å²) in [6, 6.07) is 14.1. The third kappa shape index (κ3) is 1.61. The highest BCUT2D eigenvalue weighted by Crippen LogP contribution is 2.36. The lowest BCUT2D eigenvalue weighted by Crippen LogP contribution is -2.02. The second-order valence-corrected chi connectivity index (χ2v) is 4.35. The molecule has 0 aliphatic heterocycles. The van der Waals surface area contributed by atoms with Gasteiger partial charge in [-0.15, -0.1) is 0 Å². The average molecular weight is 236 g/mol. The molecule has 3 heteroatoms. The van der Waals surface area contributed by atoms with Crippen molar-refractivity contribution in [2.24, 2.45) is 10.9 Å². The van der Waals surface area contributed by atoms with Crippen LogP contribution in [0.25, 0.3) is 11.1 Å². The maximum atomic E-state index is 11.7. The first-order valence-electron chi connectivity index (χ1n) is 5.78. The normalized spacial score (nSPS) is 12.4. The second-order valence-electron chi connectivity index (χ2n) is 4.35. The van der Waals surface area contributed by atoms with Crippen molar-refractivity contribution in [1.82, 2.24) is 0 Å². The summed E-state index contributed by atoms with van der Waals surface area (Å²) in [5.74, 6) is 4.84. The Bertz CT molecular complexity index is 659. The molecule has 1 aliphatic rings. The zero-order valence-corrected chi connectivity index (χ0v) is 9.76. The monoisotopic (exact) mass is 236 g/mol. The van der Waals surface area contributed by atoms with Crippen LogP contribution in [0.4, 0.5) is 0 Å². The Balaban J connectivity index is 2.06. The van der Waals surface area contributed by atoms with Gasteiger partial charge in [0.1, 0.15) is 0 Å². The van der Waals surface area contributed by atoms with Gasteiger partial charge >= 0.3 is 0 Å². The molecule has 0 radical (unpaired) electrons. The number of nitrogens with two attached hydrogens (primary N) is 1. The Kier molecular flexibility index (Phi) is 2.45. The molecular formula is C15H12N2O. The minimum atomic E-state index is -0.156. The van der Waals surface area contributed by atoms with Gasteiger partial charge in [-0.2, -0.15) is 5.10 Å². The fourth-order valence-electron chi connectivity index (χ4n) is 2.44. The fraction of sp³-hybridized carbons (Fsp3) is 0.0667. The first kappa shape index (κ1) is 10.7. The highest BCUT2D eigenvalue weighted by Gasteiger charge is 2.18. The third-order valence-corrected chi connectivity index (χ3v) is 3.27. The number of Topliss-reactive ketones (excluding diaryl/α,β-unsaturated/α-hetero) is 1. The van der Waals surface area contributed by atoms with Gasteiger partial charge in [-0.05, 0) is 34.7 Å². The third-order valence-electron chi connectivity index (χ3n) is 3.27. The number of rotatable bonds is 2. The molecule has 0 atom stereocenters. The van der Waals surface area contributed by atoms with Gasteiger partial charge in [-0.3, -0.25) is 4.79 Å². The van der Waals surface area contributed by atoms with Crippen LogP contribution >= 0.6 is 0 Å². The Morgan fingerprint density at radius 2 is 1.89 bits per heavy atom. The van der Waals surface area contributed by atoms with Gasteiger partial charge in [-0.1, -0.05) is 36.4 Å². The Morgan fingerprint density at radius 3 is 2.72 bits per heavy atom. The summed E-state index contributed by atoms with van der Waals surface area (Å²) in [7, 11) is 0. The van der Waals surface area contributed by atoms with Gasteiger partial charge in [0.15, 0.2) is 0 Å². The summed E-state index contributed by atoms with van der Waals surface area (Å²) in [5.41, 5.74) is 5.61. The largest absolute Gasteiger partial charge is 0.323 e. The molecule has 2 aromatic rings. The van der Waals surface area contributed by atoms with E-state index in [2.05, 4.69) is 17.2 Å². The van der Waals surface area contributed by atoms with Crippen LogP contribution in [0.3, 0.4) is 0 Å². The molecular weight excluding hydrogens is 224 g/mol. The van der Waals surface area contributed by atoms with Crippen molar-refractivity contribution in [3.63, 3.8) is 0 Å². The molecule has 2 N–H and O–H groups in total. The Labute approximate surface area is 105 Å². The summed E-state index contributed by atoms with van der Waals surface area (Å²) in [4.78, 5) is 11.7. The lowest BCUT2D eigenvalue weighted by Gasteiger charge is -2.02. The van der Waals surface area contributed by atoms with Crippen molar-refractivity contribution >= 4 is 12.0 Å². The molecule has 0 fully saturated rings. The minimum absolute atomic E-state index is 0.156. The summed E-state index contributed by atoms with van der Waals surface area (Å²) in [6.45, 7) is 0. The number of fused-ring (bicyclic) bond motifs is 3. The molecule has 0 amide bonds. The van der Waals surface area contributed by atoms with E-state index in [-0.39, 0.29) is 5.78 Å². The molecule has 3 rings (SSSR count). The maximum Gasteiger partial charge on any atom is 0.205 e. The van der Waals surface area contributed by atoms with Crippen molar-refractivity contribution in [1.29, 1.82) is 0 Å². The second kappa shape index (κ2) is 4.11. The first-order valence-corrected chi connectivity index (χ1v) is 5.78. The quantitative estimate of drug-likeness (QED) is 0.321. The summed E-state index contributed by atoms with van der Waals surface area (Å²) in [6.07, 6.45) is 2.02. The molecule has 0 spiro atoms. The highest BCUT2D eigenvalue weighted by molar-refractivity contribution is 6.35. The fourth-order valence-corrected chi connectivity index (χ4v) is 2.44. The molecule has 0 saturated carbocycles. The van der Waals surface area contributed by atoms with Crippen LogP contribution < -0.4 is 5.84 Å². The zero-order chi connectivity index (χ0) is 12.5. The molecule has 18 heavy (non-hydrogen) atoms. The van der Waals surface area contributed by atoms with Crippen molar-refractivity contribution in [2.75, 3.05) is 0 Å². The Hall–Kier alpha value is -2.42. The van der Waals surface area contributed by atoms with Crippen LogP contribution in [0.5, 0.6) is 0 Å². The number of hydrogen-bond donors (Lipinski definition) is 1. The molecule has 0 bridgehead atoms. The average Bonchev–Trinajstić information content (AvgIpc) is 2.76. The van der Waals surface area contributed by atoms with Gasteiger partial charge in [0.2, 0.25) is 5.78 Å². The predicted octanol–water partition coefficient (Wildman–Crippen LogP) is 2.39. The van der Waals surface area contributed by atoms with Gasteiger partial charge < -0.3 is 5.84 Å². The maximum absolute atomic E-state index is 11.7. The van der Waals surface area contributed by atoms with Gasteiger partial charge in [0.05, 0.1) is 6.21 Å². The number of ketones is 1. The van der Waals surface area contributed by atoms with Gasteiger partial charge in [-0.25, -0.2) is 0 Å². The molecule has 0 unspecified atom stereocenters. The van der Waals surface area contributed by atoms with Crippen LogP contribution in [0.2, 0.25) is 0 Å². The van der Waals surface area contributed by atoms with Crippen molar-refractivity contribution in [3.8, 4) is 11.1 Å². The predicted molar refractivity (Wildman–Crippen MR) is 71.7 cm³/mol. The summed E-state index contributed by atoms with van der Waals surface area (Å²) >= 11 is 0. The molecule has 0 aromatic heterocycles. The standard InChI is InChI=1S/C15H12N2O/c16-17-9-15(18)11-5-6-14-12(8-11)7-10-3-1-2-4-13(10)14/h1-6,8-9H,7,16H2. The van der Waals surface area contributed by atoms with E-state index < -0.39 is 0 Å². The topological polar surface area (TPSA) is 55.4 Å². The smallest absolute Gasteiger partial charge is 0.205 e. The number of carbonyl (C=O) groups is 1. The molecule has 3 nitrogen and oxygen atoms in total. The number of nitrogens with zero attached hydrogens (tertiary/aromatic N) is 1. The van der Waals surface area contributed by atoms with Crippen LogP contribution in [-0.2, 0) is 6.42 Å². The number of carbonyl (C=O) groups excluding carboxylic acids is 1. The van der Waals surface area contributed by atoms with Crippen LogP contribution in [0, 0.1) is 0 Å². The van der Waals surface area contributed by atoms with E-state index in [1.807, 2.05) is 30.3 Å². The molecule has 2 aromatic carbocycles. The zero-order valence-electron chi connectivity index (χ0n) is 9.76. The molecule has 1 aliphatic carbocycles. The van der Waals surface area contributed by atoms with Crippen molar-refractivity contribution < 1.29 is 4.79 Å². The van der Waals surface area contributed by atoms with Gasteiger partial charge in [0, 0.05) is 5.56 Å². The van der Waals surface area contributed by atoms with Crippen LogP contribution in [0.15, 0.2) is 47.6 Å². The minimum Gasteiger partial charge on any atom is -0.323 e. The lowest BCUT2D eigenvalue weighted by atomic mass is 10.0. The van der Waals surface area contributed by atoms with E-state index in [1.165, 1.54) is 22.3 Å². The molecule has 0 heterocycles. The van der Waals surface area contributed by atoms with Crippen molar-refractivity contribution in [2.45, 2.75) is 6.42 Å². The van der Waals surface area contributed by atoms with Gasteiger partial charge in [0.25, 0.3) is 0 Å². The number of benzene rings is 2. The SMILES string of the molecule is NN=CC(=O)c1ccc2c(c1)Cc1ccccc1-2. The molecule has 88 valence electrons. The summed E-state index contributed by atoms with van der Waals surface area (Å²) < 4.78 is 0. The van der Waals surface area contributed by atoms with E-state index in [9.17, 15) is 4.79 Å². The van der Waals surface area contributed by atoms with E-state index in [1.54, 1.807) is 0 Å². The Morgan fingerprint density at radius 1 is 1.11 bits per heavy atom. The van der Waals surface area contributed by atoms with Crippen LogP contribution in [0.1, 0.15) is 21.5 Å². The number of hydrogen-bond acceptors (Lipinski definition) is 3. The van der Waals surface area contributed by atoms with E-state index in [4.69, 9.17) is 5.84 Å². The van der Waals surface area contributed by atoms with E-state index >= 15 is 0 Å².